The maximum atomic E-state index is 12.7. The fraction of sp³-hybridized carbons (Fsp3) is 0.333. The van der Waals surface area contributed by atoms with E-state index in [0.29, 0.717) is 18.5 Å². The lowest BCUT2D eigenvalue weighted by molar-refractivity contribution is -0.116. The van der Waals surface area contributed by atoms with Gasteiger partial charge in [-0.2, -0.15) is 4.37 Å². The van der Waals surface area contributed by atoms with Crippen molar-refractivity contribution in [2.45, 2.75) is 40.3 Å². The Balaban J connectivity index is 2.01. The first-order chi connectivity index (χ1) is 12.4. The van der Waals surface area contributed by atoms with Crippen LogP contribution in [0.5, 0.6) is 0 Å². The third-order valence-electron chi connectivity index (χ3n) is 4.25. The summed E-state index contributed by atoms with van der Waals surface area (Å²) in [5, 5.41) is 4.50. The van der Waals surface area contributed by atoms with Gasteiger partial charge in [-0.15, -0.1) is 0 Å². The molecule has 7 nitrogen and oxygen atoms in total. The van der Waals surface area contributed by atoms with Gasteiger partial charge in [0.05, 0.1) is 5.52 Å². The molecule has 0 unspecified atom stereocenters. The standard InChI is InChI=1S/C18H20N4O3S/c1-4-8-21-17(24)16-13(10-26-20-16)22(18(21)25)9-14(23)19-15-11(2)6-5-7-12(15)3/h5-7,10H,4,8-9H2,1-3H3,(H,19,23). The van der Waals surface area contributed by atoms with Crippen molar-refractivity contribution >= 4 is 34.2 Å². The number of fused-ring (bicyclic) bond motifs is 1. The summed E-state index contributed by atoms with van der Waals surface area (Å²) >= 11 is 1.10. The van der Waals surface area contributed by atoms with Crippen molar-refractivity contribution in [1.82, 2.24) is 13.5 Å². The Morgan fingerprint density at radius 3 is 2.54 bits per heavy atom. The number of para-hydroxylation sites is 1. The summed E-state index contributed by atoms with van der Waals surface area (Å²) in [5.74, 6) is -0.321. The van der Waals surface area contributed by atoms with Crippen molar-refractivity contribution in [2.24, 2.45) is 0 Å². The van der Waals surface area contributed by atoms with Crippen LogP contribution >= 0.6 is 11.5 Å². The van der Waals surface area contributed by atoms with Crippen LogP contribution in [0.4, 0.5) is 5.69 Å². The Bertz CT molecular complexity index is 1070. The Labute approximate surface area is 154 Å². The van der Waals surface area contributed by atoms with Gasteiger partial charge < -0.3 is 5.32 Å². The number of nitrogens with zero attached hydrogens (tertiary/aromatic N) is 3. The smallest absolute Gasteiger partial charge is 0.324 e. The third kappa shape index (κ3) is 3.20. The number of carbonyl (C=O) groups is 1. The molecule has 1 N–H and O–H groups in total. The van der Waals surface area contributed by atoms with E-state index in [4.69, 9.17) is 0 Å². The number of hydrogen-bond acceptors (Lipinski definition) is 5. The summed E-state index contributed by atoms with van der Waals surface area (Å²) < 4.78 is 6.56. The van der Waals surface area contributed by atoms with Crippen molar-refractivity contribution in [1.29, 1.82) is 0 Å². The Morgan fingerprint density at radius 1 is 1.19 bits per heavy atom. The van der Waals surface area contributed by atoms with Crippen LogP contribution < -0.4 is 16.6 Å². The maximum Gasteiger partial charge on any atom is 0.332 e. The van der Waals surface area contributed by atoms with E-state index in [-0.39, 0.29) is 18.0 Å². The number of nitrogens with one attached hydrogen (secondary N) is 1. The molecule has 2 heterocycles. The van der Waals surface area contributed by atoms with Crippen molar-refractivity contribution in [2.75, 3.05) is 5.32 Å². The van der Waals surface area contributed by atoms with Crippen LogP contribution in [0.2, 0.25) is 0 Å². The molecule has 0 aliphatic heterocycles. The van der Waals surface area contributed by atoms with E-state index < -0.39 is 11.2 Å². The topological polar surface area (TPSA) is 86.0 Å². The average Bonchev–Trinajstić information content (AvgIpc) is 3.09. The molecule has 0 aliphatic rings. The molecule has 0 saturated heterocycles. The molecule has 26 heavy (non-hydrogen) atoms. The van der Waals surface area contributed by atoms with E-state index in [0.717, 1.165) is 32.9 Å². The molecule has 0 bridgehead atoms. The Hall–Kier alpha value is -2.74. The highest BCUT2D eigenvalue weighted by Gasteiger charge is 2.17. The van der Waals surface area contributed by atoms with Crippen molar-refractivity contribution < 1.29 is 4.79 Å². The monoisotopic (exact) mass is 372 g/mol. The molecule has 0 atom stereocenters. The summed E-state index contributed by atoms with van der Waals surface area (Å²) in [6, 6.07) is 5.75. The van der Waals surface area contributed by atoms with Gasteiger partial charge >= 0.3 is 5.69 Å². The van der Waals surface area contributed by atoms with Gasteiger partial charge in [-0.1, -0.05) is 25.1 Å². The predicted molar refractivity (Wildman–Crippen MR) is 103 cm³/mol. The molecule has 3 aromatic rings. The zero-order valence-electron chi connectivity index (χ0n) is 14.9. The number of amides is 1. The lowest BCUT2D eigenvalue weighted by atomic mass is 10.1. The van der Waals surface area contributed by atoms with Gasteiger partial charge in [0.2, 0.25) is 5.91 Å². The number of aromatic nitrogens is 3. The van der Waals surface area contributed by atoms with Gasteiger partial charge in [0, 0.05) is 17.6 Å². The SMILES string of the molecule is CCCn1c(=O)c2nscc2n(CC(=O)Nc2c(C)cccc2C)c1=O. The third-order valence-corrected chi connectivity index (χ3v) is 4.86. The molecular weight excluding hydrogens is 352 g/mol. The molecule has 1 aromatic carbocycles. The van der Waals surface area contributed by atoms with E-state index >= 15 is 0 Å². The van der Waals surface area contributed by atoms with E-state index in [1.54, 1.807) is 5.38 Å². The van der Waals surface area contributed by atoms with Crippen molar-refractivity contribution in [3.8, 4) is 0 Å². The van der Waals surface area contributed by atoms with Gasteiger partial charge in [-0.25, -0.2) is 4.79 Å². The molecule has 0 aliphatic carbocycles. The second-order valence-corrected chi connectivity index (χ2v) is 6.82. The molecule has 8 heteroatoms. The number of benzene rings is 1. The van der Waals surface area contributed by atoms with Crippen LogP contribution in [0.1, 0.15) is 24.5 Å². The first-order valence-corrected chi connectivity index (χ1v) is 9.21. The highest BCUT2D eigenvalue weighted by atomic mass is 32.1. The van der Waals surface area contributed by atoms with Gasteiger partial charge in [-0.3, -0.25) is 18.7 Å². The van der Waals surface area contributed by atoms with Crippen LogP contribution in [0.25, 0.3) is 11.0 Å². The lowest BCUT2D eigenvalue weighted by Gasteiger charge is -2.14. The summed E-state index contributed by atoms with van der Waals surface area (Å²) in [6.45, 7) is 5.83. The van der Waals surface area contributed by atoms with Crippen LogP contribution in [0.3, 0.4) is 0 Å². The zero-order valence-corrected chi connectivity index (χ0v) is 15.7. The predicted octanol–water partition coefficient (Wildman–Crippen LogP) is 2.29. The van der Waals surface area contributed by atoms with Crippen LogP contribution in [0, 0.1) is 13.8 Å². The normalized spacial score (nSPS) is 11.0. The Kier molecular flexibility index (Phi) is 5.03. The molecule has 0 radical (unpaired) electrons. The minimum absolute atomic E-state index is 0.175. The van der Waals surface area contributed by atoms with E-state index in [2.05, 4.69) is 9.69 Å². The number of aryl methyl sites for hydroxylation is 2. The first kappa shape index (κ1) is 18.1. The van der Waals surface area contributed by atoms with Crippen LogP contribution in [-0.2, 0) is 17.9 Å². The molecule has 3 rings (SSSR count). The summed E-state index contributed by atoms with van der Waals surface area (Å²) in [5.41, 5.74) is 2.37. The summed E-state index contributed by atoms with van der Waals surface area (Å²) in [7, 11) is 0. The quantitative estimate of drug-likeness (QED) is 0.744. The van der Waals surface area contributed by atoms with Gasteiger partial charge in [0.1, 0.15) is 6.54 Å². The van der Waals surface area contributed by atoms with Crippen molar-refractivity contribution in [3.63, 3.8) is 0 Å². The van der Waals surface area contributed by atoms with E-state index in [1.807, 2.05) is 39.0 Å². The second kappa shape index (κ2) is 7.25. The Morgan fingerprint density at radius 2 is 1.88 bits per heavy atom. The number of rotatable bonds is 5. The molecule has 136 valence electrons. The second-order valence-electron chi connectivity index (χ2n) is 6.19. The molecule has 0 spiro atoms. The minimum Gasteiger partial charge on any atom is -0.324 e. The largest absolute Gasteiger partial charge is 0.332 e. The number of anilines is 1. The number of carbonyl (C=O) groups excluding carboxylic acids is 1. The highest BCUT2D eigenvalue weighted by molar-refractivity contribution is 7.04. The zero-order chi connectivity index (χ0) is 18.8. The van der Waals surface area contributed by atoms with E-state index in [1.165, 1.54) is 4.57 Å². The van der Waals surface area contributed by atoms with Gasteiger partial charge in [0.25, 0.3) is 5.56 Å². The number of hydrogen-bond donors (Lipinski definition) is 1. The van der Waals surface area contributed by atoms with Crippen molar-refractivity contribution in [3.05, 3.63) is 55.5 Å². The molecule has 0 saturated carbocycles. The van der Waals surface area contributed by atoms with Gasteiger partial charge in [0.15, 0.2) is 5.52 Å². The molecule has 0 fully saturated rings. The fourth-order valence-corrected chi connectivity index (χ4v) is 3.61. The molecule has 2 aromatic heterocycles. The minimum atomic E-state index is -0.485. The molecular formula is C18H20N4O3S. The average molecular weight is 372 g/mol. The molecule has 1 amide bonds. The van der Waals surface area contributed by atoms with Gasteiger partial charge in [-0.05, 0) is 42.9 Å². The summed E-state index contributed by atoms with van der Waals surface area (Å²) in [4.78, 5) is 37.7. The van der Waals surface area contributed by atoms with Crippen LogP contribution in [-0.4, -0.2) is 19.4 Å². The van der Waals surface area contributed by atoms with E-state index in [9.17, 15) is 14.4 Å². The highest BCUT2D eigenvalue weighted by Crippen LogP contribution is 2.19. The van der Waals surface area contributed by atoms with Crippen LogP contribution in [0.15, 0.2) is 33.2 Å². The lowest BCUT2D eigenvalue weighted by Crippen LogP contribution is -2.41. The first-order valence-electron chi connectivity index (χ1n) is 8.37. The fourth-order valence-electron chi connectivity index (χ4n) is 2.94. The maximum absolute atomic E-state index is 12.7. The summed E-state index contributed by atoms with van der Waals surface area (Å²) in [6.07, 6.45) is 0.638.